The van der Waals surface area contributed by atoms with E-state index >= 15 is 0 Å². The quantitative estimate of drug-likeness (QED) is 0.884. The molecule has 2 rings (SSSR count). The van der Waals surface area contributed by atoms with Gasteiger partial charge in [0.2, 0.25) is 0 Å². The van der Waals surface area contributed by atoms with Crippen molar-refractivity contribution in [3.63, 3.8) is 0 Å². The van der Waals surface area contributed by atoms with Crippen LogP contribution in [-0.2, 0) is 4.79 Å². The van der Waals surface area contributed by atoms with Gasteiger partial charge in [-0.2, -0.15) is 0 Å². The number of carboxylic acid groups (broad SMARTS) is 1. The van der Waals surface area contributed by atoms with Gasteiger partial charge in [0.05, 0.1) is 7.11 Å². The number of hydrogen-bond donors (Lipinski definition) is 2. The molecule has 0 amide bonds. The number of halogens is 1. The van der Waals surface area contributed by atoms with E-state index in [4.69, 9.17) is 16.3 Å². The van der Waals surface area contributed by atoms with Crippen LogP contribution in [0.1, 0.15) is 11.6 Å². The molecule has 0 aliphatic carbocycles. The minimum absolute atomic E-state index is 0.523. The van der Waals surface area contributed by atoms with Gasteiger partial charge >= 0.3 is 5.97 Å². The van der Waals surface area contributed by atoms with E-state index in [2.05, 4.69) is 5.32 Å². The second kappa shape index (κ2) is 6.30. The molecule has 2 aromatic carbocycles. The number of para-hydroxylation sites is 1. The maximum atomic E-state index is 11.5. The molecule has 0 heterocycles. The van der Waals surface area contributed by atoms with Gasteiger partial charge in [0.1, 0.15) is 5.75 Å². The molecule has 2 N–H and O–H groups in total. The van der Waals surface area contributed by atoms with Crippen molar-refractivity contribution in [2.24, 2.45) is 0 Å². The summed E-state index contributed by atoms with van der Waals surface area (Å²) in [6.45, 7) is 0. The van der Waals surface area contributed by atoms with E-state index < -0.39 is 12.0 Å². The predicted molar refractivity (Wildman–Crippen MR) is 78.4 cm³/mol. The average molecular weight is 292 g/mol. The Morgan fingerprint density at radius 3 is 2.65 bits per heavy atom. The number of carbonyl (C=O) groups is 1. The molecule has 0 radical (unpaired) electrons. The Bertz CT molecular complexity index is 616. The maximum Gasteiger partial charge on any atom is 0.330 e. The lowest BCUT2D eigenvalue weighted by molar-refractivity contribution is -0.138. The average Bonchev–Trinajstić information content (AvgIpc) is 2.44. The lowest BCUT2D eigenvalue weighted by Crippen LogP contribution is -2.21. The summed E-state index contributed by atoms with van der Waals surface area (Å²) >= 11 is 5.90. The molecular formula is C15H14ClNO3. The van der Waals surface area contributed by atoms with E-state index in [1.807, 2.05) is 0 Å². The first-order valence-corrected chi connectivity index (χ1v) is 6.37. The number of carboxylic acids is 1. The number of aliphatic carboxylic acids is 1. The Hall–Kier alpha value is -2.20. The first-order chi connectivity index (χ1) is 9.61. The number of rotatable bonds is 5. The molecule has 104 valence electrons. The smallest absolute Gasteiger partial charge is 0.330 e. The summed E-state index contributed by atoms with van der Waals surface area (Å²) in [6.07, 6.45) is 0. The van der Waals surface area contributed by atoms with Crippen molar-refractivity contribution in [2.45, 2.75) is 6.04 Å². The van der Waals surface area contributed by atoms with Gasteiger partial charge in [-0.25, -0.2) is 4.79 Å². The lowest BCUT2D eigenvalue weighted by atomic mass is 10.1. The summed E-state index contributed by atoms with van der Waals surface area (Å²) in [5.41, 5.74) is 1.19. The van der Waals surface area contributed by atoms with E-state index in [0.29, 0.717) is 22.0 Å². The van der Waals surface area contributed by atoms with E-state index in [9.17, 15) is 9.90 Å². The molecule has 1 atom stereocenters. The Morgan fingerprint density at radius 2 is 2.00 bits per heavy atom. The van der Waals surface area contributed by atoms with Crippen molar-refractivity contribution < 1.29 is 14.6 Å². The summed E-state index contributed by atoms with van der Waals surface area (Å²) in [6, 6.07) is 13.0. The lowest BCUT2D eigenvalue weighted by Gasteiger charge is -2.18. The Labute approximate surface area is 122 Å². The predicted octanol–water partition coefficient (Wildman–Crippen LogP) is 3.59. The number of ether oxygens (including phenoxy) is 1. The van der Waals surface area contributed by atoms with E-state index in [0.717, 1.165) is 0 Å². The summed E-state index contributed by atoms with van der Waals surface area (Å²) in [7, 11) is 1.51. The molecule has 5 heteroatoms. The molecule has 0 saturated carbocycles. The summed E-state index contributed by atoms with van der Waals surface area (Å²) in [4.78, 5) is 11.5. The van der Waals surface area contributed by atoms with Crippen molar-refractivity contribution in [3.8, 4) is 5.75 Å². The monoisotopic (exact) mass is 291 g/mol. The molecule has 4 nitrogen and oxygen atoms in total. The summed E-state index contributed by atoms with van der Waals surface area (Å²) in [5, 5.41) is 12.9. The van der Waals surface area contributed by atoms with Crippen LogP contribution in [-0.4, -0.2) is 18.2 Å². The third kappa shape index (κ3) is 3.22. The third-order valence-corrected chi connectivity index (χ3v) is 3.07. The number of methoxy groups -OCH3 is 1. The number of nitrogens with one attached hydrogen (secondary N) is 1. The fourth-order valence-corrected chi connectivity index (χ4v) is 2.11. The van der Waals surface area contributed by atoms with Crippen LogP contribution >= 0.6 is 11.6 Å². The zero-order valence-corrected chi connectivity index (χ0v) is 11.6. The highest BCUT2D eigenvalue weighted by atomic mass is 35.5. The highest BCUT2D eigenvalue weighted by molar-refractivity contribution is 6.30. The van der Waals surface area contributed by atoms with Crippen LogP contribution in [0.3, 0.4) is 0 Å². The van der Waals surface area contributed by atoms with Crippen LogP contribution in [0.25, 0.3) is 0 Å². The van der Waals surface area contributed by atoms with Gasteiger partial charge in [0, 0.05) is 16.3 Å². The number of hydrogen-bond acceptors (Lipinski definition) is 3. The van der Waals surface area contributed by atoms with Gasteiger partial charge in [-0.3, -0.25) is 0 Å². The van der Waals surface area contributed by atoms with Gasteiger partial charge in [0.15, 0.2) is 6.04 Å². The number of anilines is 1. The van der Waals surface area contributed by atoms with Crippen LogP contribution in [0.4, 0.5) is 5.69 Å². The highest BCUT2D eigenvalue weighted by Crippen LogP contribution is 2.28. The van der Waals surface area contributed by atoms with Crippen molar-refractivity contribution >= 4 is 23.3 Å². The largest absolute Gasteiger partial charge is 0.496 e. The molecule has 2 aromatic rings. The van der Waals surface area contributed by atoms with E-state index in [1.165, 1.54) is 7.11 Å². The second-order valence-corrected chi connectivity index (χ2v) is 4.60. The van der Waals surface area contributed by atoms with Gasteiger partial charge in [0.25, 0.3) is 0 Å². The molecular weight excluding hydrogens is 278 g/mol. The molecule has 0 aromatic heterocycles. The number of benzene rings is 2. The Kier molecular flexibility index (Phi) is 4.48. The normalized spacial score (nSPS) is 11.7. The first-order valence-electron chi connectivity index (χ1n) is 5.99. The van der Waals surface area contributed by atoms with Crippen molar-refractivity contribution in [3.05, 3.63) is 59.1 Å². The first kappa shape index (κ1) is 14.2. The van der Waals surface area contributed by atoms with E-state index in [1.54, 1.807) is 48.5 Å². The molecule has 0 fully saturated rings. The van der Waals surface area contributed by atoms with Crippen LogP contribution in [0.15, 0.2) is 48.5 Å². The molecule has 0 bridgehead atoms. The van der Waals surface area contributed by atoms with E-state index in [-0.39, 0.29) is 0 Å². The molecule has 0 spiro atoms. The Balaban J connectivity index is 2.34. The van der Waals surface area contributed by atoms with Gasteiger partial charge in [-0.1, -0.05) is 35.9 Å². The minimum atomic E-state index is -0.991. The van der Waals surface area contributed by atoms with Crippen LogP contribution in [0.2, 0.25) is 5.02 Å². The molecule has 20 heavy (non-hydrogen) atoms. The molecule has 0 aliphatic heterocycles. The van der Waals surface area contributed by atoms with Gasteiger partial charge < -0.3 is 15.2 Å². The summed E-state index contributed by atoms with van der Waals surface area (Å²) in [5.74, 6) is -0.469. The molecule has 1 unspecified atom stereocenters. The van der Waals surface area contributed by atoms with Crippen molar-refractivity contribution in [1.29, 1.82) is 0 Å². The van der Waals surface area contributed by atoms with Crippen molar-refractivity contribution in [1.82, 2.24) is 0 Å². The van der Waals surface area contributed by atoms with Crippen LogP contribution < -0.4 is 10.1 Å². The third-order valence-electron chi connectivity index (χ3n) is 2.83. The standard InChI is InChI=1S/C15H14ClNO3/c1-20-13-8-3-2-7-12(13)14(15(18)19)17-11-6-4-5-10(16)9-11/h2-9,14,17H,1H3,(H,18,19). The minimum Gasteiger partial charge on any atom is -0.496 e. The van der Waals surface area contributed by atoms with Gasteiger partial charge in [-0.15, -0.1) is 0 Å². The van der Waals surface area contributed by atoms with Crippen LogP contribution in [0.5, 0.6) is 5.75 Å². The molecule has 0 saturated heterocycles. The van der Waals surface area contributed by atoms with Crippen molar-refractivity contribution in [2.75, 3.05) is 12.4 Å². The SMILES string of the molecule is COc1ccccc1C(Nc1cccc(Cl)c1)C(=O)O. The maximum absolute atomic E-state index is 11.5. The van der Waals surface area contributed by atoms with Gasteiger partial charge in [-0.05, 0) is 24.3 Å². The summed E-state index contributed by atoms with van der Waals surface area (Å²) < 4.78 is 5.21. The fourth-order valence-electron chi connectivity index (χ4n) is 1.92. The fraction of sp³-hybridized carbons (Fsp3) is 0.133. The second-order valence-electron chi connectivity index (χ2n) is 4.17. The zero-order valence-electron chi connectivity index (χ0n) is 10.8. The highest BCUT2D eigenvalue weighted by Gasteiger charge is 2.23. The zero-order chi connectivity index (χ0) is 14.5. The topological polar surface area (TPSA) is 58.6 Å². The van der Waals surface area contributed by atoms with Crippen LogP contribution in [0, 0.1) is 0 Å². The molecule has 0 aliphatic rings. The Morgan fingerprint density at radius 1 is 1.25 bits per heavy atom.